The molecular weight excluding hydrogens is 326 g/mol. The normalized spacial score (nSPS) is 15.7. The van der Waals surface area contributed by atoms with Gasteiger partial charge in [0.25, 0.3) is 0 Å². The summed E-state index contributed by atoms with van der Waals surface area (Å²) in [5.74, 6) is 0.00373. The predicted molar refractivity (Wildman–Crippen MR) is 104 cm³/mol. The van der Waals surface area contributed by atoms with Crippen molar-refractivity contribution in [1.29, 1.82) is 0 Å². The van der Waals surface area contributed by atoms with Crippen LogP contribution >= 0.6 is 0 Å². The maximum atomic E-state index is 11.7. The lowest BCUT2D eigenvalue weighted by Crippen LogP contribution is -2.33. The van der Waals surface area contributed by atoms with E-state index in [0.29, 0.717) is 23.2 Å². The van der Waals surface area contributed by atoms with E-state index in [4.69, 9.17) is 4.99 Å². The molecule has 1 heterocycles. The number of ketones is 1. The number of carbonyl (C=O) groups excluding carboxylic acids is 2. The number of fused-ring (bicyclic) bond motifs is 1. The molecule has 0 atom stereocenters. The van der Waals surface area contributed by atoms with Gasteiger partial charge in [0.1, 0.15) is 5.71 Å². The van der Waals surface area contributed by atoms with Gasteiger partial charge in [0.2, 0.25) is 0 Å². The Morgan fingerprint density at radius 3 is 2.50 bits per heavy atom. The number of nitrogens with zero attached hydrogens (tertiary/aromatic N) is 2. The molecule has 0 amide bonds. The van der Waals surface area contributed by atoms with E-state index in [-0.39, 0.29) is 17.0 Å². The van der Waals surface area contributed by atoms with E-state index < -0.39 is 0 Å². The van der Waals surface area contributed by atoms with Gasteiger partial charge in [-0.25, -0.2) is 0 Å². The highest BCUT2D eigenvalue weighted by atomic mass is 16.1. The molecule has 0 aliphatic carbocycles. The number of hydrogen-bond acceptors (Lipinski definition) is 5. The summed E-state index contributed by atoms with van der Waals surface area (Å²) in [6, 6.07) is 14.9. The number of Topliss-reactive ketones (excluding diaryl/α,β-unsaturated/α-hetero) is 1. The minimum atomic E-state index is -0.295. The van der Waals surface area contributed by atoms with Gasteiger partial charge in [-0.2, -0.15) is 5.10 Å². The number of anilines is 1. The van der Waals surface area contributed by atoms with Crippen molar-refractivity contribution in [2.75, 3.05) is 5.43 Å². The fourth-order valence-corrected chi connectivity index (χ4v) is 3.01. The van der Waals surface area contributed by atoms with E-state index in [9.17, 15) is 9.59 Å². The topological polar surface area (TPSA) is 70.9 Å². The average molecular weight is 347 g/mol. The number of nitrogens with one attached hydrogen (secondary N) is 1. The van der Waals surface area contributed by atoms with Gasteiger partial charge in [0.15, 0.2) is 12.1 Å². The molecule has 0 fully saturated rings. The Morgan fingerprint density at radius 2 is 1.85 bits per heavy atom. The lowest BCUT2D eigenvalue weighted by atomic mass is 9.86. The number of carbonyl (C=O) groups is 2. The first-order chi connectivity index (χ1) is 12.4. The third kappa shape index (κ3) is 3.77. The third-order valence-corrected chi connectivity index (χ3v) is 4.26. The predicted octanol–water partition coefficient (Wildman–Crippen LogP) is 3.68. The van der Waals surface area contributed by atoms with Crippen LogP contribution in [0.25, 0.3) is 0 Å². The Bertz CT molecular complexity index is 909. The summed E-state index contributed by atoms with van der Waals surface area (Å²) in [6.07, 6.45) is 1.53. The lowest BCUT2D eigenvalue weighted by molar-refractivity contribution is -0.102. The van der Waals surface area contributed by atoms with E-state index in [1.807, 2.05) is 32.0 Å². The molecule has 0 spiro atoms. The van der Waals surface area contributed by atoms with Crippen molar-refractivity contribution in [3.05, 3.63) is 65.2 Å². The first-order valence-electron chi connectivity index (χ1n) is 8.48. The zero-order valence-electron chi connectivity index (χ0n) is 15.1. The first-order valence-corrected chi connectivity index (χ1v) is 8.48. The summed E-state index contributed by atoms with van der Waals surface area (Å²) >= 11 is 0. The van der Waals surface area contributed by atoms with Crippen LogP contribution in [0.15, 0.2) is 58.6 Å². The van der Waals surface area contributed by atoms with Gasteiger partial charge in [0.05, 0.1) is 16.9 Å². The zero-order valence-corrected chi connectivity index (χ0v) is 15.1. The van der Waals surface area contributed by atoms with Crippen molar-refractivity contribution in [3.8, 4) is 0 Å². The number of benzene rings is 2. The number of hydrogen-bond donors (Lipinski definition) is 1. The SMILES string of the molecule is CC(=O)c1ccc(NN=C(C=O)C2=NC(C)(C)Cc3ccccc32)cc1. The summed E-state index contributed by atoms with van der Waals surface area (Å²) in [5, 5.41) is 4.26. The number of hydrazone groups is 1. The van der Waals surface area contributed by atoms with Crippen LogP contribution in [-0.4, -0.2) is 29.0 Å². The van der Waals surface area contributed by atoms with Gasteiger partial charge in [-0.15, -0.1) is 0 Å². The Hall–Kier alpha value is -3.08. The second-order valence-corrected chi connectivity index (χ2v) is 6.97. The van der Waals surface area contributed by atoms with Crippen LogP contribution in [0.4, 0.5) is 5.69 Å². The van der Waals surface area contributed by atoms with Crippen molar-refractivity contribution in [2.24, 2.45) is 10.1 Å². The number of aliphatic imine (C=N–C) groups is 1. The fourth-order valence-electron chi connectivity index (χ4n) is 3.01. The second kappa shape index (κ2) is 7.04. The molecule has 0 saturated carbocycles. The molecule has 5 heteroatoms. The Balaban J connectivity index is 1.92. The quantitative estimate of drug-likeness (QED) is 0.388. The highest BCUT2D eigenvalue weighted by molar-refractivity contribution is 6.65. The van der Waals surface area contributed by atoms with Crippen molar-refractivity contribution in [3.63, 3.8) is 0 Å². The molecule has 26 heavy (non-hydrogen) atoms. The molecule has 132 valence electrons. The standard InChI is InChI=1S/C21H21N3O2/c1-14(26)15-8-10-17(11-9-15)23-24-19(13-25)20-18-7-5-4-6-16(18)12-21(2,3)22-20/h4-11,13,23H,12H2,1-3H3. The molecule has 0 saturated heterocycles. The molecule has 5 nitrogen and oxygen atoms in total. The van der Waals surface area contributed by atoms with Crippen LogP contribution in [-0.2, 0) is 11.2 Å². The largest absolute Gasteiger partial charge is 0.296 e. The maximum Gasteiger partial charge on any atom is 0.172 e. The molecule has 2 aromatic rings. The van der Waals surface area contributed by atoms with Crippen LogP contribution in [0.3, 0.4) is 0 Å². The van der Waals surface area contributed by atoms with Crippen molar-refractivity contribution >= 4 is 29.2 Å². The van der Waals surface area contributed by atoms with E-state index >= 15 is 0 Å². The highest BCUT2D eigenvalue weighted by Gasteiger charge is 2.28. The van der Waals surface area contributed by atoms with E-state index in [2.05, 4.69) is 16.6 Å². The molecule has 0 radical (unpaired) electrons. The fraction of sp³-hybridized carbons (Fsp3) is 0.238. The van der Waals surface area contributed by atoms with Crippen LogP contribution in [0.5, 0.6) is 0 Å². The second-order valence-electron chi connectivity index (χ2n) is 6.97. The molecule has 0 aromatic heterocycles. The zero-order chi connectivity index (χ0) is 18.7. The van der Waals surface area contributed by atoms with Gasteiger partial charge in [0, 0.05) is 11.1 Å². The van der Waals surface area contributed by atoms with Crippen molar-refractivity contribution in [1.82, 2.24) is 0 Å². The van der Waals surface area contributed by atoms with Crippen LogP contribution in [0.2, 0.25) is 0 Å². The minimum Gasteiger partial charge on any atom is -0.296 e. The van der Waals surface area contributed by atoms with Crippen LogP contribution < -0.4 is 5.43 Å². The van der Waals surface area contributed by atoms with Gasteiger partial charge in [-0.3, -0.25) is 20.0 Å². The van der Waals surface area contributed by atoms with Gasteiger partial charge >= 0.3 is 0 Å². The van der Waals surface area contributed by atoms with Gasteiger partial charge in [-0.05, 0) is 57.0 Å². The summed E-state index contributed by atoms with van der Waals surface area (Å²) in [6.45, 7) is 5.60. The monoisotopic (exact) mass is 347 g/mol. The van der Waals surface area contributed by atoms with Crippen LogP contribution in [0.1, 0.15) is 42.3 Å². The van der Waals surface area contributed by atoms with E-state index in [0.717, 1.165) is 17.5 Å². The highest BCUT2D eigenvalue weighted by Crippen LogP contribution is 2.27. The van der Waals surface area contributed by atoms with Crippen molar-refractivity contribution < 1.29 is 9.59 Å². The van der Waals surface area contributed by atoms with Crippen LogP contribution in [0, 0.1) is 0 Å². The third-order valence-electron chi connectivity index (χ3n) is 4.26. The summed E-state index contributed by atoms with van der Waals surface area (Å²) in [4.78, 5) is 27.8. The molecule has 3 rings (SSSR count). The summed E-state index contributed by atoms with van der Waals surface area (Å²) in [5.41, 5.74) is 6.85. The van der Waals surface area contributed by atoms with E-state index in [1.54, 1.807) is 24.3 Å². The van der Waals surface area contributed by atoms with Crippen molar-refractivity contribution in [2.45, 2.75) is 32.7 Å². The number of rotatable bonds is 5. The molecular formula is C21H21N3O2. The number of aldehydes is 1. The summed E-state index contributed by atoms with van der Waals surface area (Å²) < 4.78 is 0. The molecule has 2 aromatic carbocycles. The Labute approximate surface area is 152 Å². The minimum absolute atomic E-state index is 0.00373. The Kier molecular flexibility index (Phi) is 4.80. The van der Waals surface area contributed by atoms with Gasteiger partial charge < -0.3 is 0 Å². The Morgan fingerprint density at radius 1 is 1.15 bits per heavy atom. The molecule has 0 unspecified atom stereocenters. The molecule has 0 bridgehead atoms. The van der Waals surface area contributed by atoms with Gasteiger partial charge in [-0.1, -0.05) is 24.3 Å². The molecule has 1 aliphatic heterocycles. The first kappa shape index (κ1) is 17.7. The molecule has 1 aliphatic rings. The smallest absolute Gasteiger partial charge is 0.172 e. The average Bonchev–Trinajstić information content (AvgIpc) is 2.61. The maximum absolute atomic E-state index is 11.7. The summed E-state index contributed by atoms with van der Waals surface area (Å²) in [7, 11) is 0. The van der Waals surface area contributed by atoms with E-state index in [1.165, 1.54) is 6.92 Å². The lowest BCUT2D eigenvalue weighted by Gasteiger charge is -2.28. The molecule has 1 N–H and O–H groups in total.